The molecule has 39 heavy (non-hydrogen) atoms. The van der Waals surface area contributed by atoms with Gasteiger partial charge in [-0.15, -0.1) is 0 Å². The molecule has 0 aliphatic carbocycles. The minimum absolute atomic E-state index is 0.159. The lowest BCUT2D eigenvalue weighted by atomic mass is 10.0. The summed E-state index contributed by atoms with van der Waals surface area (Å²) in [5.74, 6) is 0. The van der Waals surface area contributed by atoms with Crippen molar-refractivity contribution in [3.8, 4) is 0 Å². The average molecular weight is 611 g/mol. The van der Waals surface area contributed by atoms with Gasteiger partial charge in [-0.2, -0.15) is 0 Å². The van der Waals surface area contributed by atoms with E-state index in [0.717, 1.165) is 18.4 Å². The summed E-state index contributed by atoms with van der Waals surface area (Å²) in [5.41, 5.74) is 0.928. The quantitative estimate of drug-likeness (QED) is 0.0662. The number of rotatable bonds is 27. The van der Waals surface area contributed by atoms with Gasteiger partial charge in [-0.1, -0.05) is 134 Å². The van der Waals surface area contributed by atoms with Crippen LogP contribution < -0.4 is 0 Å². The Labute approximate surface area is 240 Å². The molecule has 1 aromatic rings. The van der Waals surface area contributed by atoms with Crippen LogP contribution in [0.1, 0.15) is 115 Å². The second kappa shape index (κ2) is 23.4. The molecule has 0 aromatic heterocycles. The Balaban J connectivity index is 2.11. The average Bonchev–Trinajstić information content (AvgIpc) is 2.88. The summed E-state index contributed by atoms with van der Waals surface area (Å²) in [5, 5.41) is 0. The maximum Gasteiger partial charge on any atom is 0.397 e. The van der Waals surface area contributed by atoms with E-state index in [1.165, 1.54) is 89.9 Å². The molecule has 1 unspecified atom stereocenters. The van der Waals surface area contributed by atoms with Gasteiger partial charge in [0.1, 0.15) is 6.10 Å². The molecule has 0 bridgehead atoms. The highest BCUT2D eigenvalue weighted by Crippen LogP contribution is 2.72. The SMILES string of the molecule is CCCCCCCCCCCCCCCCCCOC[C@H](COP(=O)(O)SP(=O)(O)O)OCc1ccccc1. The molecule has 0 fully saturated rings. The topological polar surface area (TPSA) is 123 Å². The molecular formula is C28H52O8P2S. The number of ether oxygens (including phenoxy) is 2. The van der Waals surface area contributed by atoms with Gasteiger partial charge in [-0.3, -0.25) is 4.52 Å². The highest BCUT2D eigenvalue weighted by molar-refractivity contribution is 8.84. The Morgan fingerprint density at radius 3 is 1.69 bits per heavy atom. The minimum atomic E-state index is -4.76. The van der Waals surface area contributed by atoms with E-state index in [1.807, 2.05) is 30.3 Å². The van der Waals surface area contributed by atoms with Crippen LogP contribution in [0, 0.1) is 0 Å². The van der Waals surface area contributed by atoms with Crippen LogP contribution in [0.3, 0.4) is 0 Å². The Morgan fingerprint density at radius 1 is 0.718 bits per heavy atom. The summed E-state index contributed by atoms with van der Waals surface area (Å²) in [6.07, 6.45) is 20.2. The van der Waals surface area contributed by atoms with Crippen LogP contribution in [0.25, 0.3) is 0 Å². The van der Waals surface area contributed by atoms with Gasteiger partial charge in [0.05, 0.1) is 30.8 Å². The van der Waals surface area contributed by atoms with Crippen LogP contribution >= 0.6 is 24.6 Å². The molecule has 0 radical (unpaired) electrons. The standard InChI is InChI=1S/C28H52O8P2S/c1-2-3-4-5-6-7-8-9-10-11-12-13-14-15-16-20-23-34-25-28(35-24-27-21-18-17-19-22-27)26-36-38(32,33)39-37(29,30)31/h17-19,21-22,28H,2-16,20,23-26H2,1H3,(H,32,33)(H2,29,30,31)/t28-/m1/s1. The fourth-order valence-corrected chi connectivity index (χ4v) is 8.88. The van der Waals surface area contributed by atoms with E-state index in [1.54, 1.807) is 0 Å². The molecule has 8 nitrogen and oxygen atoms in total. The van der Waals surface area contributed by atoms with Gasteiger partial charge in [0.25, 0.3) is 0 Å². The van der Waals surface area contributed by atoms with Crippen LogP contribution in [0.2, 0.25) is 0 Å². The third-order valence-corrected chi connectivity index (χ3v) is 12.6. The van der Waals surface area contributed by atoms with Crippen LogP contribution in [0.5, 0.6) is 0 Å². The maximum absolute atomic E-state index is 12.0. The number of hydrogen-bond donors (Lipinski definition) is 3. The molecule has 0 saturated heterocycles. The summed E-state index contributed by atoms with van der Waals surface area (Å²) in [6, 6.07) is 9.46. The Bertz CT molecular complexity index is 793. The van der Waals surface area contributed by atoms with E-state index in [4.69, 9.17) is 23.8 Å². The van der Waals surface area contributed by atoms with Crippen molar-refractivity contribution in [2.45, 2.75) is 122 Å². The first-order chi connectivity index (χ1) is 18.7. The van der Waals surface area contributed by atoms with Gasteiger partial charge in [0.2, 0.25) is 0 Å². The lowest BCUT2D eigenvalue weighted by molar-refractivity contribution is -0.0460. The minimum Gasteiger partial charge on any atom is -0.379 e. The fraction of sp³-hybridized carbons (Fsp3) is 0.786. The predicted octanol–water partition coefficient (Wildman–Crippen LogP) is 8.79. The Hall–Kier alpha value is -0.210. The molecule has 11 heteroatoms. The molecule has 1 rings (SSSR count). The zero-order chi connectivity index (χ0) is 28.7. The van der Waals surface area contributed by atoms with E-state index in [0.29, 0.717) is 6.61 Å². The van der Waals surface area contributed by atoms with Crippen molar-refractivity contribution in [3.63, 3.8) is 0 Å². The zero-order valence-corrected chi connectivity index (χ0v) is 26.4. The highest BCUT2D eigenvalue weighted by atomic mass is 33.1. The summed E-state index contributed by atoms with van der Waals surface area (Å²) in [4.78, 5) is 27.6. The smallest absolute Gasteiger partial charge is 0.379 e. The number of hydrogen-bond acceptors (Lipinski definition) is 6. The monoisotopic (exact) mass is 610 g/mol. The molecule has 0 aliphatic rings. The Kier molecular flexibility index (Phi) is 22.1. The third-order valence-electron chi connectivity index (χ3n) is 6.41. The third kappa shape index (κ3) is 24.1. The molecule has 3 N–H and O–H groups in total. The first-order valence-electron chi connectivity index (χ1n) is 14.7. The summed E-state index contributed by atoms with van der Waals surface area (Å²) in [7, 11) is 0. The van der Waals surface area contributed by atoms with Crippen molar-refractivity contribution in [3.05, 3.63) is 35.9 Å². The highest BCUT2D eigenvalue weighted by Gasteiger charge is 2.33. The van der Waals surface area contributed by atoms with Gasteiger partial charge in [0.15, 0.2) is 0 Å². The lowest BCUT2D eigenvalue weighted by Crippen LogP contribution is -2.25. The van der Waals surface area contributed by atoms with Crippen molar-refractivity contribution < 1.29 is 37.8 Å². The molecule has 0 saturated carbocycles. The van der Waals surface area contributed by atoms with Crippen molar-refractivity contribution in [2.24, 2.45) is 0 Å². The van der Waals surface area contributed by atoms with Gasteiger partial charge in [-0.25, -0.2) is 9.13 Å². The molecular weight excluding hydrogens is 558 g/mol. The normalized spacial score (nSPS) is 14.4. The van der Waals surface area contributed by atoms with Crippen molar-refractivity contribution in [1.29, 1.82) is 0 Å². The van der Waals surface area contributed by atoms with Gasteiger partial charge in [-0.05, 0) is 12.0 Å². The van der Waals surface area contributed by atoms with Crippen LogP contribution in [-0.2, 0) is 29.7 Å². The molecule has 0 amide bonds. The summed E-state index contributed by atoms with van der Waals surface area (Å²) < 4.78 is 39.5. The number of unbranched alkanes of at least 4 members (excludes halogenated alkanes) is 15. The molecule has 228 valence electrons. The second-order valence-electron chi connectivity index (χ2n) is 10.1. The van der Waals surface area contributed by atoms with Gasteiger partial charge >= 0.3 is 13.6 Å². The largest absolute Gasteiger partial charge is 0.397 e. The zero-order valence-electron chi connectivity index (χ0n) is 23.8. The molecule has 0 aliphatic heterocycles. The summed E-state index contributed by atoms with van der Waals surface area (Å²) >= 11 is -0.374. The lowest BCUT2D eigenvalue weighted by Gasteiger charge is -2.20. The molecule has 0 heterocycles. The molecule has 1 aromatic carbocycles. The van der Waals surface area contributed by atoms with Crippen LogP contribution in [0.15, 0.2) is 30.3 Å². The second-order valence-corrected chi connectivity index (χ2v) is 17.2. The first-order valence-corrected chi connectivity index (χ1v) is 19.9. The Morgan fingerprint density at radius 2 is 1.21 bits per heavy atom. The van der Waals surface area contributed by atoms with Gasteiger partial charge < -0.3 is 24.2 Å². The van der Waals surface area contributed by atoms with E-state index >= 15 is 0 Å². The van der Waals surface area contributed by atoms with E-state index in [-0.39, 0.29) is 30.8 Å². The molecule has 2 atom stereocenters. The fourth-order valence-electron chi connectivity index (χ4n) is 4.23. The summed E-state index contributed by atoms with van der Waals surface area (Å²) in [6.45, 7) is -6.36. The van der Waals surface area contributed by atoms with Crippen LogP contribution in [0.4, 0.5) is 0 Å². The molecule has 0 spiro atoms. The van der Waals surface area contributed by atoms with E-state index in [2.05, 4.69) is 6.92 Å². The van der Waals surface area contributed by atoms with Crippen molar-refractivity contribution in [2.75, 3.05) is 19.8 Å². The van der Waals surface area contributed by atoms with E-state index in [9.17, 15) is 14.0 Å². The number of benzene rings is 1. The predicted molar refractivity (Wildman–Crippen MR) is 161 cm³/mol. The van der Waals surface area contributed by atoms with Crippen molar-refractivity contribution >= 4 is 24.6 Å². The maximum atomic E-state index is 12.0. The first kappa shape index (κ1) is 36.8. The van der Waals surface area contributed by atoms with Crippen LogP contribution in [-0.4, -0.2) is 40.6 Å². The van der Waals surface area contributed by atoms with E-state index < -0.39 is 19.7 Å². The van der Waals surface area contributed by atoms with Crippen molar-refractivity contribution in [1.82, 2.24) is 0 Å². The van der Waals surface area contributed by atoms with Gasteiger partial charge in [0, 0.05) is 6.61 Å².